The van der Waals surface area contributed by atoms with Crippen LogP contribution in [0.25, 0.3) is 10.6 Å². The van der Waals surface area contributed by atoms with Crippen molar-refractivity contribution >= 4 is 11.3 Å². The Balaban J connectivity index is 2.49. The fraction of sp³-hybridized carbons (Fsp3) is 0.200. The Morgan fingerprint density at radius 1 is 1.35 bits per heavy atom. The van der Waals surface area contributed by atoms with Crippen LogP contribution in [0.4, 0.5) is 13.2 Å². The topological polar surface area (TPSA) is 35.0 Å². The second-order valence-electron chi connectivity index (χ2n) is 3.10. The van der Waals surface area contributed by atoms with Crippen molar-refractivity contribution in [3.05, 3.63) is 30.2 Å². The number of ether oxygens (including phenoxy) is 1. The molecule has 2 rings (SSSR count). The molecule has 0 aromatic carbocycles. The number of hydrogen-bond donors (Lipinski definition) is 0. The normalized spacial score (nSPS) is 11.5. The van der Waals surface area contributed by atoms with Crippen molar-refractivity contribution < 1.29 is 17.9 Å². The molecule has 0 spiro atoms. The van der Waals surface area contributed by atoms with E-state index >= 15 is 0 Å². The van der Waals surface area contributed by atoms with Gasteiger partial charge < -0.3 is 4.74 Å². The third-order valence-electron chi connectivity index (χ3n) is 1.96. The van der Waals surface area contributed by atoms with Gasteiger partial charge in [0.15, 0.2) is 5.69 Å². The Labute approximate surface area is 98.9 Å². The van der Waals surface area contributed by atoms with Gasteiger partial charge in [0.1, 0.15) is 5.01 Å². The Bertz CT molecular complexity index is 510. The third-order valence-corrected chi connectivity index (χ3v) is 3.02. The molecule has 0 amide bonds. The highest BCUT2D eigenvalue weighted by Gasteiger charge is 2.38. The summed E-state index contributed by atoms with van der Waals surface area (Å²) in [6, 6.07) is 3.28. The first-order valence-corrected chi connectivity index (χ1v) is 5.36. The number of nitrogens with zero attached hydrogens (tertiary/aromatic N) is 2. The van der Waals surface area contributed by atoms with E-state index in [-0.39, 0.29) is 10.1 Å². The second kappa shape index (κ2) is 4.33. The number of hydrogen-bond acceptors (Lipinski definition) is 4. The van der Waals surface area contributed by atoms with Crippen LogP contribution in [0.2, 0.25) is 0 Å². The summed E-state index contributed by atoms with van der Waals surface area (Å²) in [5.74, 6) is 0. The van der Waals surface area contributed by atoms with Crippen molar-refractivity contribution in [1.82, 2.24) is 9.97 Å². The Kier molecular flexibility index (Phi) is 3.01. The second-order valence-corrected chi connectivity index (χ2v) is 4.06. The van der Waals surface area contributed by atoms with E-state index < -0.39 is 11.9 Å². The third kappa shape index (κ3) is 2.38. The average Bonchev–Trinajstić information content (AvgIpc) is 2.74. The first kappa shape index (κ1) is 11.8. The van der Waals surface area contributed by atoms with E-state index in [1.54, 1.807) is 18.3 Å². The fourth-order valence-electron chi connectivity index (χ4n) is 1.24. The summed E-state index contributed by atoms with van der Waals surface area (Å²) >= 11 is 0.846. The minimum atomic E-state index is -4.51. The zero-order valence-electron chi connectivity index (χ0n) is 8.65. The number of aromatic nitrogens is 2. The van der Waals surface area contributed by atoms with Crippen LogP contribution in [-0.4, -0.2) is 17.1 Å². The van der Waals surface area contributed by atoms with Crippen LogP contribution in [-0.2, 0) is 6.18 Å². The molecule has 0 radical (unpaired) electrons. The van der Waals surface area contributed by atoms with Crippen molar-refractivity contribution in [1.29, 1.82) is 0 Å². The molecular weight excluding hydrogens is 253 g/mol. The van der Waals surface area contributed by atoms with E-state index in [1.807, 2.05) is 0 Å². The summed E-state index contributed by atoms with van der Waals surface area (Å²) in [6.07, 6.45) is -1.51. The van der Waals surface area contributed by atoms with Crippen molar-refractivity contribution in [2.75, 3.05) is 7.11 Å². The van der Waals surface area contributed by atoms with Gasteiger partial charge in [-0.15, -0.1) is 0 Å². The van der Waals surface area contributed by atoms with Gasteiger partial charge in [0.2, 0.25) is 5.06 Å². The number of alkyl halides is 3. The van der Waals surface area contributed by atoms with Crippen molar-refractivity contribution in [2.45, 2.75) is 6.18 Å². The lowest BCUT2D eigenvalue weighted by molar-refractivity contribution is -0.141. The van der Waals surface area contributed by atoms with Crippen LogP contribution in [0.15, 0.2) is 24.5 Å². The summed E-state index contributed by atoms with van der Waals surface area (Å²) in [5.41, 5.74) is -0.463. The van der Waals surface area contributed by atoms with E-state index in [0.717, 1.165) is 11.3 Å². The first-order valence-electron chi connectivity index (χ1n) is 4.55. The SMILES string of the molecule is COc1sc(-c2cccnc2)nc1C(F)(F)F. The van der Waals surface area contributed by atoms with Crippen molar-refractivity contribution in [2.24, 2.45) is 0 Å². The quantitative estimate of drug-likeness (QED) is 0.831. The molecule has 7 heteroatoms. The van der Waals surface area contributed by atoms with E-state index in [0.29, 0.717) is 5.56 Å². The molecule has 90 valence electrons. The summed E-state index contributed by atoms with van der Waals surface area (Å²) in [4.78, 5) is 7.38. The molecule has 17 heavy (non-hydrogen) atoms. The highest BCUT2D eigenvalue weighted by atomic mass is 32.1. The van der Waals surface area contributed by atoms with E-state index in [2.05, 4.69) is 14.7 Å². The zero-order chi connectivity index (χ0) is 12.5. The Morgan fingerprint density at radius 3 is 2.59 bits per heavy atom. The van der Waals surface area contributed by atoms with E-state index in [9.17, 15) is 13.2 Å². The summed E-state index contributed by atoms with van der Waals surface area (Å²) < 4.78 is 42.5. The molecule has 2 aromatic heterocycles. The number of thiazole rings is 1. The van der Waals surface area contributed by atoms with E-state index in [4.69, 9.17) is 0 Å². The minimum absolute atomic E-state index is 0.238. The van der Waals surface area contributed by atoms with Gasteiger partial charge >= 0.3 is 6.18 Å². The monoisotopic (exact) mass is 260 g/mol. The summed E-state index contributed by atoms with van der Waals surface area (Å²) in [6.45, 7) is 0. The number of pyridine rings is 1. The average molecular weight is 260 g/mol. The Hall–Kier alpha value is -1.63. The fourth-order valence-corrected chi connectivity index (χ4v) is 2.13. The highest BCUT2D eigenvalue weighted by Crippen LogP contribution is 2.42. The maximum absolute atomic E-state index is 12.6. The van der Waals surface area contributed by atoms with Crippen LogP contribution in [0.3, 0.4) is 0 Å². The number of rotatable bonds is 2. The maximum Gasteiger partial charge on any atom is 0.437 e. The predicted octanol–water partition coefficient (Wildman–Crippen LogP) is 3.23. The zero-order valence-corrected chi connectivity index (χ0v) is 9.47. The summed E-state index contributed by atoms with van der Waals surface area (Å²) in [5, 5.41) is -0.00127. The molecule has 3 nitrogen and oxygen atoms in total. The molecule has 0 bridgehead atoms. The molecule has 0 aliphatic rings. The van der Waals surface area contributed by atoms with Gasteiger partial charge in [0.05, 0.1) is 7.11 Å². The van der Waals surface area contributed by atoms with Gasteiger partial charge in [-0.05, 0) is 12.1 Å². The molecule has 0 atom stereocenters. The van der Waals surface area contributed by atoms with Gasteiger partial charge in [-0.25, -0.2) is 4.98 Å². The van der Waals surface area contributed by atoms with Crippen LogP contribution in [0.5, 0.6) is 5.06 Å². The molecule has 0 fully saturated rings. The maximum atomic E-state index is 12.6. The number of halogens is 3. The largest absolute Gasteiger partial charge is 0.486 e. The molecule has 0 saturated carbocycles. The standard InChI is InChI=1S/C10H7F3N2OS/c1-16-9-7(10(11,12)13)15-8(17-9)6-3-2-4-14-5-6/h2-5H,1H3. The van der Waals surface area contributed by atoms with E-state index in [1.165, 1.54) is 13.3 Å². The molecule has 0 saturated heterocycles. The lowest BCUT2D eigenvalue weighted by atomic mass is 10.3. The molecular formula is C10H7F3N2OS. The molecule has 2 aromatic rings. The summed E-state index contributed by atoms with van der Waals surface area (Å²) in [7, 11) is 1.19. The lowest BCUT2D eigenvalue weighted by Crippen LogP contribution is -2.07. The van der Waals surface area contributed by atoms with Crippen LogP contribution >= 0.6 is 11.3 Å². The Morgan fingerprint density at radius 2 is 2.12 bits per heavy atom. The van der Waals surface area contributed by atoms with Gasteiger partial charge in [-0.2, -0.15) is 13.2 Å². The van der Waals surface area contributed by atoms with Gasteiger partial charge in [-0.1, -0.05) is 11.3 Å². The first-order chi connectivity index (χ1) is 8.02. The smallest absolute Gasteiger partial charge is 0.437 e. The molecule has 0 unspecified atom stereocenters. The molecule has 2 heterocycles. The highest BCUT2D eigenvalue weighted by molar-refractivity contribution is 7.17. The van der Waals surface area contributed by atoms with Crippen molar-refractivity contribution in [3.63, 3.8) is 0 Å². The molecule has 0 aliphatic carbocycles. The van der Waals surface area contributed by atoms with Gasteiger partial charge in [0, 0.05) is 18.0 Å². The van der Waals surface area contributed by atoms with Crippen LogP contribution in [0, 0.1) is 0 Å². The van der Waals surface area contributed by atoms with Crippen LogP contribution < -0.4 is 4.74 Å². The predicted molar refractivity (Wildman–Crippen MR) is 56.9 cm³/mol. The minimum Gasteiger partial charge on any atom is -0.486 e. The van der Waals surface area contributed by atoms with Crippen molar-refractivity contribution in [3.8, 4) is 15.6 Å². The molecule has 0 aliphatic heterocycles. The van der Waals surface area contributed by atoms with Gasteiger partial charge in [0.25, 0.3) is 0 Å². The van der Waals surface area contributed by atoms with Crippen LogP contribution in [0.1, 0.15) is 5.69 Å². The lowest BCUT2D eigenvalue weighted by Gasteiger charge is -2.03. The van der Waals surface area contributed by atoms with Gasteiger partial charge in [-0.3, -0.25) is 4.98 Å². The number of methoxy groups -OCH3 is 1. The molecule has 0 N–H and O–H groups in total.